The van der Waals surface area contributed by atoms with Gasteiger partial charge in [-0.05, 0) is 24.0 Å². The molecule has 2 aliphatic rings. The second-order valence-corrected chi connectivity index (χ2v) is 7.00. The summed E-state index contributed by atoms with van der Waals surface area (Å²) in [6, 6.07) is 20.3. The van der Waals surface area contributed by atoms with Crippen molar-refractivity contribution in [2.45, 2.75) is 43.7 Å². The van der Waals surface area contributed by atoms with Gasteiger partial charge < -0.3 is 15.2 Å². The summed E-state index contributed by atoms with van der Waals surface area (Å²) in [5.74, 6) is -1.16. The Hall–Kier alpha value is -2.17. The molecule has 4 heteroatoms. The van der Waals surface area contributed by atoms with E-state index < -0.39 is 5.79 Å². The highest BCUT2D eigenvalue weighted by Gasteiger charge is 2.51. The van der Waals surface area contributed by atoms with Gasteiger partial charge in [-0.2, -0.15) is 0 Å². The predicted octanol–water partition coefficient (Wildman–Crippen LogP) is 3.89. The van der Waals surface area contributed by atoms with Crippen LogP contribution in [-0.4, -0.2) is 11.7 Å². The first kappa shape index (κ1) is 16.3. The van der Waals surface area contributed by atoms with E-state index in [1.54, 1.807) is 0 Å². The lowest BCUT2D eigenvalue weighted by Gasteiger charge is -2.35. The quantitative estimate of drug-likeness (QED) is 0.924. The number of nitrogens with two attached hydrogens (primary N) is 1. The summed E-state index contributed by atoms with van der Waals surface area (Å²) in [5, 5.41) is 0. The highest BCUT2D eigenvalue weighted by molar-refractivity contribution is 5.76. The van der Waals surface area contributed by atoms with E-state index in [0.29, 0.717) is 6.42 Å². The molecule has 0 bridgehead atoms. The fraction of sp³-hybridized carbons (Fsp3) is 0.381. The standard InChI is InChI=1S/C21H23NO3/c22-20(23)17-12-7-13-21(14-17)24-18(15-8-3-1-4-9-15)19(25-21)16-10-5-2-6-11-16/h1-6,8-11,17-19H,7,12-14H2,(H2,22,23)/t17-,18-,19-/m1/s1. The lowest BCUT2D eigenvalue weighted by molar-refractivity contribution is -0.204. The molecule has 2 aromatic rings. The van der Waals surface area contributed by atoms with Crippen LogP contribution in [0.4, 0.5) is 0 Å². The minimum atomic E-state index is -0.723. The van der Waals surface area contributed by atoms with Crippen molar-refractivity contribution in [2.75, 3.05) is 0 Å². The lowest BCUT2D eigenvalue weighted by Crippen LogP contribution is -2.40. The molecule has 2 fully saturated rings. The molecular formula is C21H23NO3. The number of rotatable bonds is 3. The Morgan fingerprint density at radius 3 is 1.92 bits per heavy atom. The number of hydrogen-bond donors (Lipinski definition) is 1. The number of ether oxygens (including phenoxy) is 2. The van der Waals surface area contributed by atoms with Crippen molar-refractivity contribution in [1.29, 1.82) is 0 Å². The van der Waals surface area contributed by atoms with Crippen LogP contribution >= 0.6 is 0 Å². The van der Waals surface area contributed by atoms with E-state index in [-0.39, 0.29) is 24.0 Å². The zero-order valence-corrected chi connectivity index (χ0v) is 14.1. The first-order valence-electron chi connectivity index (χ1n) is 8.92. The maximum Gasteiger partial charge on any atom is 0.220 e. The maximum atomic E-state index is 11.7. The molecule has 0 unspecified atom stereocenters. The number of amides is 1. The van der Waals surface area contributed by atoms with E-state index in [2.05, 4.69) is 24.3 Å². The third-order valence-electron chi connectivity index (χ3n) is 5.28. The normalized spacial score (nSPS) is 28.1. The lowest BCUT2D eigenvalue weighted by atomic mass is 9.84. The SMILES string of the molecule is NC(=O)[C@@H]1CCCC2(C1)O[C@H](c1ccccc1)[C@@H](c1ccccc1)O2. The van der Waals surface area contributed by atoms with E-state index in [1.165, 1.54) is 0 Å². The van der Waals surface area contributed by atoms with Crippen LogP contribution < -0.4 is 5.73 Å². The van der Waals surface area contributed by atoms with E-state index in [1.807, 2.05) is 36.4 Å². The summed E-state index contributed by atoms with van der Waals surface area (Å²) in [4.78, 5) is 11.7. The molecule has 0 radical (unpaired) electrons. The van der Waals surface area contributed by atoms with Crippen molar-refractivity contribution >= 4 is 5.91 Å². The molecule has 4 nitrogen and oxygen atoms in total. The summed E-state index contributed by atoms with van der Waals surface area (Å²) in [6.07, 6.45) is 2.66. The van der Waals surface area contributed by atoms with E-state index in [0.717, 1.165) is 30.4 Å². The number of primary amides is 1. The molecule has 1 saturated carbocycles. The van der Waals surface area contributed by atoms with Gasteiger partial charge in [-0.3, -0.25) is 4.79 Å². The zero-order valence-electron chi connectivity index (χ0n) is 14.1. The average Bonchev–Trinajstić information content (AvgIpc) is 3.02. The summed E-state index contributed by atoms with van der Waals surface area (Å²) in [5.41, 5.74) is 7.74. The van der Waals surface area contributed by atoms with Gasteiger partial charge in [0.2, 0.25) is 5.91 Å². The molecule has 1 saturated heterocycles. The third-order valence-corrected chi connectivity index (χ3v) is 5.28. The molecule has 0 aromatic heterocycles. The maximum absolute atomic E-state index is 11.7. The zero-order chi connectivity index (χ0) is 17.3. The molecule has 1 aliphatic heterocycles. The van der Waals surface area contributed by atoms with Gasteiger partial charge in [0, 0.05) is 18.8 Å². The topological polar surface area (TPSA) is 61.6 Å². The number of carbonyl (C=O) groups excluding carboxylic acids is 1. The van der Waals surface area contributed by atoms with Crippen LogP contribution in [-0.2, 0) is 14.3 Å². The molecule has 1 aliphatic carbocycles. The molecule has 3 atom stereocenters. The second kappa shape index (κ2) is 6.62. The first-order valence-corrected chi connectivity index (χ1v) is 8.92. The van der Waals surface area contributed by atoms with E-state index in [9.17, 15) is 4.79 Å². The molecule has 2 aromatic carbocycles. The summed E-state index contributed by atoms with van der Waals surface area (Å²) < 4.78 is 13.0. The van der Waals surface area contributed by atoms with E-state index >= 15 is 0 Å². The smallest absolute Gasteiger partial charge is 0.220 e. The molecule has 25 heavy (non-hydrogen) atoms. The van der Waals surface area contributed by atoms with Gasteiger partial charge in [-0.25, -0.2) is 0 Å². The summed E-state index contributed by atoms with van der Waals surface area (Å²) in [7, 11) is 0. The van der Waals surface area contributed by atoms with Gasteiger partial charge in [0.25, 0.3) is 0 Å². The Balaban J connectivity index is 1.68. The minimum absolute atomic E-state index is 0.181. The molecule has 1 amide bonds. The molecule has 130 valence electrons. The van der Waals surface area contributed by atoms with E-state index in [4.69, 9.17) is 15.2 Å². The Morgan fingerprint density at radius 1 is 0.920 bits per heavy atom. The van der Waals surface area contributed by atoms with Crippen molar-refractivity contribution in [1.82, 2.24) is 0 Å². The van der Waals surface area contributed by atoms with Crippen LogP contribution in [0, 0.1) is 5.92 Å². The van der Waals surface area contributed by atoms with Gasteiger partial charge >= 0.3 is 0 Å². The Morgan fingerprint density at radius 2 is 1.44 bits per heavy atom. The summed E-state index contributed by atoms with van der Waals surface area (Å²) in [6.45, 7) is 0. The van der Waals surface area contributed by atoms with Gasteiger partial charge in [-0.1, -0.05) is 60.7 Å². The van der Waals surface area contributed by atoms with Gasteiger partial charge in [0.15, 0.2) is 5.79 Å². The first-order chi connectivity index (χ1) is 12.2. The number of hydrogen-bond acceptors (Lipinski definition) is 3. The van der Waals surface area contributed by atoms with Crippen LogP contribution in [0.5, 0.6) is 0 Å². The van der Waals surface area contributed by atoms with Gasteiger partial charge in [0.1, 0.15) is 12.2 Å². The molecule has 4 rings (SSSR count). The summed E-state index contributed by atoms with van der Waals surface area (Å²) >= 11 is 0. The van der Waals surface area contributed by atoms with Crippen LogP contribution in [0.15, 0.2) is 60.7 Å². The second-order valence-electron chi connectivity index (χ2n) is 7.00. The average molecular weight is 337 g/mol. The fourth-order valence-corrected chi connectivity index (χ4v) is 4.04. The van der Waals surface area contributed by atoms with Crippen molar-refractivity contribution in [3.8, 4) is 0 Å². The van der Waals surface area contributed by atoms with Crippen LogP contribution in [0.25, 0.3) is 0 Å². The largest absolute Gasteiger partial charge is 0.369 e. The predicted molar refractivity (Wildman–Crippen MR) is 94.4 cm³/mol. The molecule has 2 N–H and O–H groups in total. The van der Waals surface area contributed by atoms with Crippen LogP contribution in [0.2, 0.25) is 0 Å². The highest BCUT2D eigenvalue weighted by Crippen LogP contribution is 2.52. The fourth-order valence-electron chi connectivity index (χ4n) is 4.04. The van der Waals surface area contributed by atoms with Gasteiger partial charge in [0.05, 0.1) is 0 Å². The molecule has 1 spiro atoms. The van der Waals surface area contributed by atoms with Crippen molar-refractivity contribution in [2.24, 2.45) is 11.7 Å². The molecule has 1 heterocycles. The number of benzene rings is 2. The van der Waals surface area contributed by atoms with Crippen LogP contribution in [0.1, 0.15) is 49.0 Å². The van der Waals surface area contributed by atoms with Gasteiger partial charge in [-0.15, -0.1) is 0 Å². The Labute approximate surface area is 147 Å². The highest BCUT2D eigenvalue weighted by atomic mass is 16.8. The van der Waals surface area contributed by atoms with Crippen molar-refractivity contribution in [3.05, 3.63) is 71.8 Å². The van der Waals surface area contributed by atoms with Crippen molar-refractivity contribution in [3.63, 3.8) is 0 Å². The monoisotopic (exact) mass is 337 g/mol. The molecular weight excluding hydrogens is 314 g/mol. The number of carbonyl (C=O) groups is 1. The third kappa shape index (κ3) is 3.20. The Bertz CT molecular complexity index is 684. The minimum Gasteiger partial charge on any atom is -0.369 e. The van der Waals surface area contributed by atoms with Crippen LogP contribution in [0.3, 0.4) is 0 Å². The van der Waals surface area contributed by atoms with Crippen molar-refractivity contribution < 1.29 is 14.3 Å². The Kier molecular flexibility index (Phi) is 4.32.